The monoisotopic (exact) mass is 954 g/mol. The van der Waals surface area contributed by atoms with Gasteiger partial charge >= 0.3 is 5.97 Å². The molecule has 0 aliphatic carbocycles. The number of esters is 1. The Balaban J connectivity index is 1.21. The van der Waals surface area contributed by atoms with Gasteiger partial charge in [0.25, 0.3) is 0 Å². The van der Waals surface area contributed by atoms with Crippen molar-refractivity contribution in [3.05, 3.63) is 96.4 Å². The van der Waals surface area contributed by atoms with Gasteiger partial charge in [0.15, 0.2) is 12.1 Å². The van der Waals surface area contributed by atoms with E-state index in [9.17, 15) is 24.9 Å². The number of ketones is 1. The summed E-state index contributed by atoms with van der Waals surface area (Å²) in [7, 11) is 3.56. The minimum atomic E-state index is -1.27. The summed E-state index contributed by atoms with van der Waals surface area (Å²) in [5, 5.41) is 45.1. The number of carbonyl (C=O) groups excluding carboxylic acids is 2. The number of aromatic nitrogens is 4. The maximum Gasteiger partial charge on any atom is 0.308 e. The van der Waals surface area contributed by atoms with Crippen LogP contribution in [0, 0.1) is 23.7 Å². The standard InChI is InChI=1S/C53H75N7O9/c1-8-47-40(30-58-21-12-9-13-22-58)25-34(2)18-19-45(61)35(3)26-39(52(36(4)46(62)28-48(63)68-47)69-53-51(65)49(57(6)7)50(64)37(5)67-53)20-23-59(33-43-16-14-24-66-43)31-41-32-60(56-55-41)42-27-38-15-10-11-17-44(38)54-29-42/h10-11,14-19,24-25,27,29,32,35-37,39-40,46-47,49-53,62,64-65H,8-9,12-13,20-23,26,28,30-31,33H2,1-7H3/b19-18+,34-25+/t35-,36+,37-,39+,40-,46-,47-,49+,50-,51-,52-,53+/m1/s1. The van der Waals surface area contributed by atoms with Crippen molar-refractivity contribution in [2.45, 2.75) is 142 Å². The van der Waals surface area contributed by atoms with Gasteiger partial charge in [-0.3, -0.25) is 19.5 Å². The van der Waals surface area contributed by atoms with Gasteiger partial charge in [0.05, 0.1) is 79.0 Å². The minimum Gasteiger partial charge on any atom is -0.468 e. The number of para-hydroxylation sites is 1. The first kappa shape index (κ1) is 52.2. The Morgan fingerprint density at radius 3 is 2.48 bits per heavy atom. The quantitative estimate of drug-likeness (QED) is 0.123. The SMILES string of the molecule is CC[C@H]1OC(=O)C[C@@H](O)[C@H](C)[C@@H](O[C@@H]2O[C@H](C)[C@@H](O)[C@H](N(C)C)[C@H]2O)[C@@H](CCN(Cc2cn(-c3cnc4ccccc4c3)nn2)Cc2ccco2)C[C@@H](C)C(=O)/C=C/C(C)=C/[C@@H]1CN1CCCCC1. The topological polar surface area (TPSA) is 189 Å². The van der Waals surface area contributed by atoms with Gasteiger partial charge in [-0.15, -0.1) is 5.10 Å². The molecule has 6 heterocycles. The highest BCUT2D eigenvalue weighted by atomic mass is 16.7. The van der Waals surface area contributed by atoms with Gasteiger partial charge in [-0.1, -0.05) is 68.3 Å². The number of hydrogen-bond acceptors (Lipinski definition) is 15. The number of rotatable bonds is 14. The molecule has 3 N–H and O–H groups in total. The molecule has 2 saturated heterocycles. The fourth-order valence-electron chi connectivity index (χ4n) is 10.4. The number of nitrogens with zero attached hydrogens (tertiary/aromatic N) is 7. The van der Waals surface area contributed by atoms with Crippen LogP contribution in [-0.2, 0) is 36.9 Å². The number of allylic oxidation sites excluding steroid dienone is 3. The smallest absolute Gasteiger partial charge is 0.308 e. The van der Waals surface area contributed by atoms with E-state index in [1.807, 2.05) is 82.4 Å². The summed E-state index contributed by atoms with van der Waals surface area (Å²) in [5.74, 6) is -1.53. The Morgan fingerprint density at radius 2 is 1.74 bits per heavy atom. The number of fused-ring (bicyclic) bond motifs is 1. The highest BCUT2D eigenvalue weighted by Gasteiger charge is 2.47. The van der Waals surface area contributed by atoms with Crippen LogP contribution in [0.5, 0.6) is 0 Å². The second-order valence-corrected chi connectivity index (χ2v) is 20.0. The molecule has 0 saturated carbocycles. The van der Waals surface area contributed by atoms with Gasteiger partial charge < -0.3 is 43.7 Å². The van der Waals surface area contributed by atoms with Crippen LogP contribution in [-0.4, -0.2) is 151 Å². The van der Waals surface area contributed by atoms with Gasteiger partial charge in [0.2, 0.25) is 0 Å². The summed E-state index contributed by atoms with van der Waals surface area (Å²) in [4.78, 5) is 39.2. The number of benzene rings is 1. The zero-order valence-corrected chi connectivity index (χ0v) is 41.5. The van der Waals surface area contributed by atoms with Crippen LogP contribution in [0.15, 0.2) is 89.3 Å². The Morgan fingerprint density at radius 1 is 0.957 bits per heavy atom. The van der Waals surface area contributed by atoms with E-state index in [4.69, 9.17) is 18.6 Å². The van der Waals surface area contributed by atoms with Crippen LogP contribution in [0.1, 0.15) is 91.0 Å². The third-order valence-electron chi connectivity index (χ3n) is 14.4. The summed E-state index contributed by atoms with van der Waals surface area (Å²) < 4.78 is 27.0. The number of piperidine rings is 1. The maximum atomic E-state index is 14.2. The molecular formula is C53H75N7O9. The van der Waals surface area contributed by atoms with Crippen LogP contribution in [0.25, 0.3) is 16.6 Å². The Labute approximate surface area is 407 Å². The molecule has 376 valence electrons. The second kappa shape index (κ2) is 24.5. The van der Waals surface area contributed by atoms with Crippen molar-refractivity contribution in [1.82, 2.24) is 34.7 Å². The summed E-state index contributed by atoms with van der Waals surface area (Å²) in [5.41, 5.74) is 3.28. The number of hydrogen-bond donors (Lipinski definition) is 3. The Hall–Kier alpha value is -4.65. The molecule has 16 heteroatoms. The first-order valence-electron chi connectivity index (χ1n) is 25.0. The van der Waals surface area contributed by atoms with Gasteiger partial charge in [-0.05, 0) is 116 Å². The Kier molecular flexibility index (Phi) is 18.5. The normalized spacial score (nSPS) is 31.7. The molecule has 0 unspecified atom stereocenters. The predicted octanol–water partition coefficient (Wildman–Crippen LogP) is 6.12. The number of likely N-dealkylation sites (N-methyl/N-ethyl adjacent to an activating group) is 1. The van der Waals surface area contributed by atoms with Crippen molar-refractivity contribution in [3.63, 3.8) is 0 Å². The number of aliphatic hydroxyl groups excluding tert-OH is 3. The molecule has 7 rings (SSSR count). The molecule has 1 aromatic carbocycles. The zero-order chi connectivity index (χ0) is 49.2. The van der Waals surface area contributed by atoms with E-state index in [1.54, 1.807) is 49.1 Å². The number of furan rings is 1. The molecule has 4 aromatic rings. The van der Waals surface area contributed by atoms with Gasteiger partial charge in [-0.2, -0.15) is 0 Å². The van der Waals surface area contributed by atoms with Crippen LogP contribution in [0.3, 0.4) is 0 Å². The average molecular weight is 954 g/mol. The molecule has 0 spiro atoms. The second-order valence-electron chi connectivity index (χ2n) is 20.0. The first-order chi connectivity index (χ1) is 33.2. The molecule has 2 fully saturated rings. The van der Waals surface area contributed by atoms with Crippen molar-refractivity contribution < 1.29 is 43.5 Å². The molecule has 3 aromatic heterocycles. The van der Waals surface area contributed by atoms with Crippen LogP contribution in [0.4, 0.5) is 0 Å². The van der Waals surface area contributed by atoms with E-state index in [0.29, 0.717) is 44.6 Å². The third kappa shape index (κ3) is 13.8. The summed E-state index contributed by atoms with van der Waals surface area (Å²) in [6, 6.07) is 13.0. The largest absolute Gasteiger partial charge is 0.468 e. The molecule has 16 nitrogen and oxygen atoms in total. The number of aliphatic hydroxyl groups is 3. The zero-order valence-electron chi connectivity index (χ0n) is 41.5. The number of ether oxygens (including phenoxy) is 3. The molecule has 0 amide bonds. The summed E-state index contributed by atoms with van der Waals surface area (Å²) in [6.45, 7) is 13.5. The minimum absolute atomic E-state index is 0.0524. The Bertz CT molecular complexity index is 2310. The molecule has 0 radical (unpaired) electrons. The van der Waals surface area contributed by atoms with E-state index >= 15 is 0 Å². The van der Waals surface area contributed by atoms with E-state index in [2.05, 4.69) is 31.2 Å². The molecule has 3 aliphatic rings. The lowest BCUT2D eigenvalue weighted by molar-refractivity contribution is -0.304. The fourth-order valence-corrected chi connectivity index (χ4v) is 10.4. The highest BCUT2D eigenvalue weighted by molar-refractivity contribution is 5.91. The van der Waals surface area contributed by atoms with Crippen molar-refractivity contribution in [1.29, 1.82) is 0 Å². The molecule has 0 bridgehead atoms. The fraction of sp³-hybridized carbons (Fsp3) is 0.604. The van der Waals surface area contributed by atoms with Crippen molar-refractivity contribution in [2.75, 3.05) is 40.3 Å². The highest BCUT2D eigenvalue weighted by Crippen LogP contribution is 2.35. The van der Waals surface area contributed by atoms with Gasteiger partial charge in [-0.25, -0.2) is 4.68 Å². The number of likely N-dealkylation sites (tertiary alicyclic amines) is 1. The number of pyridine rings is 1. The average Bonchev–Trinajstić information content (AvgIpc) is 4.04. The lowest BCUT2D eigenvalue weighted by atomic mass is 9.79. The molecular weight excluding hydrogens is 879 g/mol. The molecule has 3 aliphatic heterocycles. The van der Waals surface area contributed by atoms with Gasteiger partial charge in [0, 0.05) is 36.2 Å². The van der Waals surface area contributed by atoms with E-state index in [-0.39, 0.29) is 18.1 Å². The first-order valence-corrected chi connectivity index (χ1v) is 25.0. The third-order valence-corrected chi connectivity index (χ3v) is 14.4. The number of carbonyl (C=O) groups is 2. The van der Waals surface area contributed by atoms with E-state index < -0.39 is 72.7 Å². The predicted molar refractivity (Wildman–Crippen MR) is 262 cm³/mol. The van der Waals surface area contributed by atoms with Crippen molar-refractivity contribution in [3.8, 4) is 5.69 Å². The van der Waals surface area contributed by atoms with Gasteiger partial charge in [0.1, 0.15) is 18.0 Å². The summed E-state index contributed by atoms with van der Waals surface area (Å²) >= 11 is 0. The van der Waals surface area contributed by atoms with E-state index in [1.165, 1.54) is 6.42 Å². The lowest BCUT2D eigenvalue weighted by Gasteiger charge is -2.46. The lowest BCUT2D eigenvalue weighted by Crippen LogP contribution is -2.63. The maximum absolute atomic E-state index is 14.2. The van der Waals surface area contributed by atoms with Crippen LogP contribution < -0.4 is 0 Å². The van der Waals surface area contributed by atoms with E-state index in [0.717, 1.165) is 60.4 Å². The number of cyclic esters (lactones) is 1. The summed E-state index contributed by atoms with van der Waals surface area (Å²) in [6.07, 6.45) is 8.83. The van der Waals surface area contributed by atoms with Crippen LogP contribution >= 0.6 is 0 Å². The van der Waals surface area contributed by atoms with Crippen molar-refractivity contribution >= 4 is 22.7 Å². The molecule has 12 atom stereocenters. The van der Waals surface area contributed by atoms with Crippen molar-refractivity contribution in [2.24, 2.45) is 23.7 Å². The molecule has 69 heavy (non-hydrogen) atoms. The van der Waals surface area contributed by atoms with Crippen LogP contribution in [0.2, 0.25) is 0 Å².